The number of hydrogen-bond donors (Lipinski definition) is 1. The number of hydrogen-bond acceptors (Lipinski definition) is 6. The molecular weight excluding hydrogens is 438 g/mol. The summed E-state index contributed by atoms with van der Waals surface area (Å²) in [6.07, 6.45) is 1.22. The molecule has 8 heteroatoms. The van der Waals surface area contributed by atoms with Gasteiger partial charge in [-0.05, 0) is 44.2 Å². The number of aliphatic carboxylic acids is 1. The summed E-state index contributed by atoms with van der Waals surface area (Å²) in [6, 6.07) is 15.9. The number of carboxylic acids is 1. The molecule has 0 aliphatic rings. The second-order valence-corrected chi connectivity index (χ2v) is 7.58. The molecule has 0 spiro atoms. The van der Waals surface area contributed by atoms with Crippen molar-refractivity contribution in [1.82, 2.24) is 4.90 Å². The topological polar surface area (TPSA) is 106 Å². The molecule has 3 aromatic rings. The molecule has 0 radical (unpaired) electrons. The number of benzene rings is 2. The van der Waals surface area contributed by atoms with Crippen molar-refractivity contribution in [1.29, 1.82) is 0 Å². The molecule has 3 rings (SSSR count). The van der Waals surface area contributed by atoms with E-state index >= 15 is 0 Å². The highest BCUT2D eigenvalue weighted by Crippen LogP contribution is 2.24. The van der Waals surface area contributed by atoms with Crippen LogP contribution in [0.3, 0.4) is 0 Å². The predicted octanol–water partition coefficient (Wildman–Crippen LogP) is 4.39. The first kappa shape index (κ1) is 21.8. The van der Waals surface area contributed by atoms with Crippen LogP contribution in [0.2, 0.25) is 0 Å². The maximum Gasteiger partial charge on any atom is 0.344 e. The molecule has 0 atom stereocenters. The van der Waals surface area contributed by atoms with Crippen molar-refractivity contribution in [3.63, 3.8) is 0 Å². The van der Waals surface area contributed by atoms with Gasteiger partial charge in [-0.3, -0.25) is 9.59 Å². The van der Waals surface area contributed by atoms with Gasteiger partial charge in [-0.25, -0.2) is 4.79 Å². The van der Waals surface area contributed by atoms with E-state index in [1.807, 2.05) is 0 Å². The Morgan fingerprint density at radius 1 is 1.06 bits per heavy atom. The zero-order valence-corrected chi connectivity index (χ0v) is 18.9. The van der Waals surface area contributed by atoms with Gasteiger partial charge < -0.3 is 23.9 Å². The highest BCUT2D eigenvalue weighted by atomic mass is 16.6. The van der Waals surface area contributed by atoms with Crippen molar-refractivity contribution in [2.75, 3.05) is 13.2 Å². The van der Waals surface area contributed by atoms with Crippen LogP contribution in [0.4, 0.5) is 0 Å². The summed E-state index contributed by atoms with van der Waals surface area (Å²) in [6.45, 7) is 0.270. The van der Waals surface area contributed by atoms with E-state index in [0.717, 1.165) is 10.5 Å². The first-order chi connectivity index (χ1) is 17.1. The number of nitrogens with zero attached hydrogens (tertiary/aromatic N) is 1. The van der Waals surface area contributed by atoms with E-state index in [1.165, 1.54) is 12.1 Å². The number of para-hydroxylation sites is 1. The first-order valence-electron chi connectivity index (χ1n) is 11.7. The van der Waals surface area contributed by atoms with Crippen LogP contribution in [-0.2, 0) is 20.8 Å². The van der Waals surface area contributed by atoms with E-state index in [-0.39, 0.29) is 24.3 Å². The van der Waals surface area contributed by atoms with E-state index in [2.05, 4.69) is 0 Å². The normalized spacial score (nSPS) is 12.0. The molecule has 1 aromatic heterocycles. The zero-order chi connectivity index (χ0) is 26.3. The summed E-state index contributed by atoms with van der Waals surface area (Å²) < 4.78 is 33.4. The van der Waals surface area contributed by atoms with Gasteiger partial charge in [0.1, 0.15) is 18.1 Å². The highest BCUT2D eigenvalue weighted by Gasteiger charge is 2.21. The number of carbonyl (C=O) groups is 3. The Morgan fingerprint density at radius 2 is 1.79 bits per heavy atom. The van der Waals surface area contributed by atoms with Crippen LogP contribution in [0.5, 0.6) is 5.75 Å². The Kier molecular flexibility index (Phi) is 7.48. The van der Waals surface area contributed by atoms with Crippen LogP contribution < -0.4 is 4.74 Å². The smallest absolute Gasteiger partial charge is 0.344 e. The number of furan rings is 1. The van der Waals surface area contributed by atoms with Gasteiger partial charge in [-0.2, -0.15) is 0 Å². The van der Waals surface area contributed by atoms with Gasteiger partial charge in [0.25, 0.3) is 5.91 Å². The van der Waals surface area contributed by atoms with Gasteiger partial charge in [0.2, 0.25) is 0 Å². The number of carbonyl (C=O) groups excluding carboxylic acids is 2. The fraction of sp³-hybridized carbons (Fsp3) is 0.269. The molecule has 0 aliphatic heterocycles. The van der Waals surface area contributed by atoms with Crippen molar-refractivity contribution in [3.8, 4) is 17.1 Å². The lowest BCUT2D eigenvalue weighted by Gasteiger charge is -2.28. The minimum atomic E-state index is -2.30. The molecule has 0 fully saturated rings. The first-order valence-corrected chi connectivity index (χ1v) is 10.7. The summed E-state index contributed by atoms with van der Waals surface area (Å²) >= 11 is 0. The van der Waals surface area contributed by atoms with E-state index in [9.17, 15) is 14.4 Å². The van der Waals surface area contributed by atoms with Gasteiger partial charge in [-0.1, -0.05) is 30.3 Å². The lowest BCUT2D eigenvalue weighted by Crippen LogP contribution is -2.36. The molecule has 1 amide bonds. The van der Waals surface area contributed by atoms with Crippen molar-refractivity contribution >= 4 is 17.8 Å². The Bertz CT molecular complexity index is 1190. The van der Waals surface area contributed by atoms with Gasteiger partial charge in [0.05, 0.1) is 15.4 Å². The minimum absolute atomic E-state index is 0.0533. The summed E-state index contributed by atoms with van der Waals surface area (Å²) in [4.78, 5) is 37.0. The molecule has 1 heterocycles. The Hall–Kier alpha value is -4.07. The van der Waals surface area contributed by atoms with Crippen LogP contribution in [-0.4, -0.2) is 47.1 Å². The Balaban J connectivity index is 1.81. The summed E-state index contributed by atoms with van der Waals surface area (Å²) in [7, 11) is 0. The maximum atomic E-state index is 13.5. The lowest BCUT2D eigenvalue weighted by molar-refractivity contribution is -0.148. The third-order valence-electron chi connectivity index (χ3n) is 4.73. The van der Waals surface area contributed by atoms with Gasteiger partial charge >= 0.3 is 11.9 Å². The Morgan fingerprint density at radius 3 is 2.44 bits per heavy atom. The van der Waals surface area contributed by atoms with Gasteiger partial charge in [0, 0.05) is 29.2 Å². The standard InChI is InChI=1S/C26H27NO7/c1-18(2)27(26(31)20-11-9-19(10-12-20)22-8-5-14-32-22)16-21-6-3-4-7-23(21)34-17-25(30)33-15-13-24(28)29/h3-12,14,18H,13,15-17H2,1-2H3,(H,28,29)/i16D2. The number of ether oxygens (including phenoxy) is 2. The number of amides is 1. The minimum Gasteiger partial charge on any atom is -0.482 e. The van der Waals surface area contributed by atoms with Crippen molar-refractivity contribution < 1.29 is 36.1 Å². The Labute approximate surface area is 200 Å². The molecule has 1 N–H and O–H groups in total. The van der Waals surface area contributed by atoms with E-state index < -0.39 is 37.0 Å². The largest absolute Gasteiger partial charge is 0.482 e. The quantitative estimate of drug-likeness (QED) is 0.417. The highest BCUT2D eigenvalue weighted by molar-refractivity contribution is 5.94. The molecule has 2 aromatic carbocycles. The van der Waals surface area contributed by atoms with E-state index in [4.69, 9.17) is 21.7 Å². The summed E-state index contributed by atoms with van der Waals surface area (Å²) in [5, 5.41) is 8.64. The van der Waals surface area contributed by atoms with Crippen LogP contribution >= 0.6 is 0 Å². The number of esters is 1. The predicted molar refractivity (Wildman–Crippen MR) is 124 cm³/mol. The van der Waals surface area contributed by atoms with Crippen LogP contribution in [0, 0.1) is 0 Å². The second kappa shape index (κ2) is 11.7. The van der Waals surface area contributed by atoms with Gasteiger partial charge in [0.15, 0.2) is 6.61 Å². The molecule has 0 aliphatic carbocycles. The summed E-state index contributed by atoms with van der Waals surface area (Å²) in [5.41, 5.74) is 1.13. The summed E-state index contributed by atoms with van der Waals surface area (Å²) in [5.74, 6) is -1.71. The average molecular weight is 468 g/mol. The monoisotopic (exact) mass is 467 g/mol. The zero-order valence-electron chi connectivity index (χ0n) is 20.9. The number of carboxylic acid groups (broad SMARTS) is 1. The fourth-order valence-corrected chi connectivity index (χ4v) is 3.02. The SMILES string of the molecule is [2H]C([2H])(c1ccccc1OCC(=O)OCCC(=O)O)N(C(=O)c1ccc(-c2ccco2)cc1)C(C)C. The molecule has 0 unspecified atom stereocenters. The number of rotatable bonds is 11. The molecule has 0 saturated carbocycles. The average Bonchev–Trinajstić information content (AvgIpc) is 3.37. The molecule has 8 nitrogen and oxygen atoms in total. The lowest BCUT2D eigenvalue weighted by atomic mass is 10.1. The second-order valence-electron chi connectivity index (χ2n) is 7.58. The third-order valence-corrected chi connectivity index (χ3v) is 4.73. The molecule has 178 valence electrons. The van der Waals surface area contributed by atoms with Crippen LogP contribution in [0.1, 0.15) is 38.9 Å². The van der Waals surface area contributed by atoms with Crippen LogP contribution in [0.25, 0.3) is 11.3 Å². The molecular formula is C26H27NO7. The van der Waals surface area contributed by atoms with Crippen molar-refractivity contribution in [3.05, 3.63) is 78.1 Å². The molecule has 0 bridgehead atoms. The van der Waals surface area contributed by atoms with Crippen molar-refractivity contribution in [2.45, 2.75) is 32.8 Å². The fourth-order valence-electron chi connectivity index (χ4n) is 3.02. The van der Waals surface area contributed by atoms with E-state index in [0.29, 0.717) is 11.3 Å². The molecule has 34 heavy (non-hydrogen) atoms. The molecule has 0 saturated heterocycles. The van der Waals surface area contributed by atoms with Gasteiger partial charge in [-0.15, -0.1) is 0 Å². The van der Waals surface area contributed by atoms with E-state index in [1.54, 1.807) is 68.6 Å². The van der Waals surface area contributed by atoms with Crippen molar-refractivity contribution in [2.24, 2.45) is 0 Å². The third kappa shape index (κ3) is 6.71. The van der Waals surface area contributed by atoms with Crippen LogP contribution in [0.15, 0.2) is 71.3 Å². The maximum absolute atomic E-state index is 13.5.